The van der Waals surface area contributed by atoms with E-state index in [4.69, 9.17) is 0 Å². The van der Waals surface area contributed by atoms with E-state index in [1.807, 2.05) is 14.1 Å². The van der Waals surface area contributed by atoms with Crippen molar-refractivity contribution in [3.8, 4) is 0 Å². The van der Waals surface area contributed by atoms with Crippen LogP contribution in [0.25, 0.3) is 0 Å². The summed E-state index contributed by atoms with van der Waals surface area (Å²) in [5.74, 6) is 0. The predicted octanol–water partition coefficient (Wildman–Crippen LogP) is -0.143. The van der Waals surface area contributed by atoms with Gasteiger partial charge < -0.3 is 9.96 Å². The van der Waals surface area contributed by atoms with E-state index in [0.717, 1.165) is 0 Å². The molecular weight excluding hydrogens is 180 g/mol. The second kappa shape index (κ2) is 5.72. The minimum atomic E-state index is -1.87. The minimum Gasteiger partial charge on any atom is -0.303 e. The Labute approximate surface area is 83.2 Å². The molecule has 0 rings (SSSR count). The van der Waals surface area contributed by atoms with Crippen molar-refractivity contribution in [1.29, 1.82) is 0 Å². The Morgan fingerprint density at radius 3 is 1.23 bits per heavy atom. The van der Waals surface area contributed by atoms with E-state index in [0.29, 0.717) is 12.1 Å². The van der Waals surface area contributed by atoms with E-state index >= 15 is 0 Å². The Morgan fingerprint density at radius 1 is 0.769 bits per heavy atom. The first-order valence-electron chi connectivity index (χ1n) is 4.89. The molecule has 13 heavy (non-hydrogen) atoms. The number of hydrogen-bond acceptors (Lipinski definition) is 4. The number of hydrogen-bond donors (Lipinski definition) is 4. The van der Waals surface area contributed by atoms with Gasteiger partial charge in [0.2, 0.25) is 0 Å². The lowest BCUT2D eigenvalue weighted by molar-refractivity contribution is 0.619. The van der Waals surface area contributed by atoms with Gasteiger partial charge in [0, 0.05) is 0 Å². The molecule has 0 aromatic carbocycles. The van der Waals surface area contributed by atoms with Gasteiger partial charge in [-0.2, -0.15) is 0 Å². The second-order valence-electron chi connectivity index (χ2n) is 3.85. The molecule has 0 amide bonds. The predicted molar refractivity (Wildman–Crippen MR) is 60.4 cm³/mol. The van der Waals surface area contributed by atoms with Crippen molar-refractivity contribution >= 4 is 8.72 Å². The van der Waals surface area contributed by atoms with Gasteiger partial charge >= 0.3 is 8.72 Å². The van der Waals surface area contributed by atoms with Gasteiger partial charge in [0.05, 0.1) is 0 Å². The molecule has 0 heterocycles. The highest BCUT2D eigenvalue weighted by Gasteiger charge is 2.32. The maximum Gasteiger partial charge on any atom is 0.365 e. The largest absolute Gasteiger partial charge is 0.365 e. The Balaban J connectivity index is 4.30. The highest BCUT2D eigenvalue weighted by Crippen LogP contribution is 1.89. The van der Waals surface area contributed by atoms with Crippen molar-refractivity contribution in [3.63, 3.8) is 0 Å². The topological polar surface area (TPSA) is 48.1 Å². The molecule has 0 aliphatic heterocycles. The van der Waals surface area contributed by atoms with Crippen LogP contribution in [0.4, 0.5) is 0 Å². The minimum absolute atomic E-state index is 0.470. The lowest BCUT2D eigenvalue weighted by Gasteiger charge is -2.34. The van der Waals surface area contributed by atoms with E-state index in [2.05, 4.69) is 47.6 Å². The Kier molecular flexibility index (Phi) is 5.74. The lowest BCUT2D eigenvalue weighted by Crippen LogP contribution is -2.81. The van der Waals surface area contributed by atoms with Crippen LogP contribution in [0.5, 0.6) is 0 Å². The van der Waals surface area contributed by atoms with Crippen molar-refractivity contribution in [1.82, 2.24) is 19.9 Å². The standard InChI is InChI=1S/C8H24N4Si/c1-7(2)11-13(9-5,10-6)12-8(3)4/h7-12H,1-6H3. The average Bonchev–Trinajstić information content (AvgIpc) is 2.01. The average molecular weight is 204 g/mol. The fraction of sp³-hybridized carbons (Fsp3) is 1.00. The van der Waals surface area contributed by atoms with Gasteiger partial charge in [-0.05, 0) is 26.2 Å². The van der Waals surface area contributed by atoms with Gasteiger partial charge in [0.15, 0.2) is 0 Å². The van der Waals surface area contributed by atoms with Gasteiger partial charge in [0.25, 0.3) is 0 Å². The first-order valence-corrected chi connectivity index (χ1v) is 6.89. The Hall–Kier alpha value is 0.0569. The van der Waals surface area contributed by atoms with Crippen molar-refractivity contribution in [2.24, 2.45) is 0 Å². The zero-order valence-electron chi connectivity index (χ0n) is 9.65. The van der Waals surface area contributed by atoms with E-state index in [1.54, 1.807) is 0 Å². The summed E-state index contributed by atoms with van der Waals surface area (Å²) in [4.78, 5) is 13.7. The van der Waals surface area contributed by atoms with E-state index in [1.165, 1.54) is 0 Å². The fourth-order valence-electron chi connectivity index (χ4n) is 1.32. The van der Waals surface area contributed by atoms with Gasteiger partial charge in [0.1, 0.15) is 0 Å². The molecule has 5 heteroatoms. The summed E-state index contributed by atoms with van der Waals surface area (Å²) in [5, 5.41) is 0. The quantitative estimate of drug-likeness (QED) is 0.455. The zero-order valence-corrected chi connectivity index (χ0v) is 10.7. The molecule has 0 atom stereocenters. The van der Waals surface area contributed by atoms with Crippen LogP contribution in [0.1, 0.15) is 27.7 Å². The fourth-order valence-corrected chi connectivity index (χ4v) is 3.96. The van der Waals surface area contributed by atoms with Crippen LogP contribution in [-0.2, 0) is 0 Å². The van der Waals surface area contributed by atoms with Crippen LogP contribution in [0, 0.1) is 0 Å². The third-order valence-electron chi connectivity index (χ3n) is 1.76. The maximum atomic E-state index is 3.53. The van der Waals surface area contributed by atoms with Crippen LogP contribution in [-0.4, -0.2) is 34.9 Å². The molecule has 4 nitrogen and oxygen atoms in total. The van der Waals surface area contributed by atoms with Gasteiger partial charge in [-0.3, -0.25) is 9.96 Å². The third kappa shape index (κ3) is 4.73. The molecule has 0 spiro atoms. The third-order valence-corrected chi connectivity index (χ3v) is 5.28. The molecule has 0 aromatic heterocycles. The molecule has 0 saturated carbocycles. The molecule has 4 N–H and O–H groups in total. The summed E-state index contributed by atoms with van der Waals surface area (Å²) in [6.45, 7) is 8.60. The molecular formula is C8H24N4Si. The SMILES string of the molecule is CN[Si](NC)(NC(C)C)NC(C)C. The monoisotopic (exact) mass is 204 g/mol. The van der Waals surface area contributed by atoms with E-state index in [9.17, 15) is 0 Å². The Bertz CT molecular complexity index is 122. The molecule has 80 valence electrons. The van der Waals surface area contributed by atoms with Crippen molar-refractivity contribution in [2.75, 3.05) is 14.1 Å². The normalized spacial score (nSPS) is 12.9. The van der Waals surface area contributed by atoms with Crippen molar-refractivity contribution in [3.05, 3.63) is 0 Å². The summed E-state index contributed by atoms with van der Waals surface area (Å²) in [6, 6.07) is 0.940. The number of nitrogens with one attached hydrogen (secondary N) is 4. The summed E-state index contributed by atoms with van der Waals surface area (Å²) in [7, 11) is 2.09. The highest BCUT2D eigenvalue weighted by molar-refractivity contribution is 6.70. The zero-order chi connectivity index (χ0) is 10.5. The summed E-state index contributed by atoms with van der Waals surface area (Å²) in [6.07, 6.45) is 0. The first-order chi connectivity index (χ1) is 5.95. The van der Waals surface area contributed by atoms with Gasteiger partial charge in [-0.25, -0.2) is 0 Å². The summed E-state index contributed by atoms with van der Waals surface area (Å²) < 4.78 is 0. The van der Waals surface area contributed by atoms with E-state index < -0.39 is 8.72 Å². The Morgan fingerprint density at radius 2 is 1.08 bits per heavy atom. The number of rotatable bonds is 6. The van der Waals surface area contributed by atoms with E-state index in [-0.39, 0.29) is 0 Å². The lowest BCUT2D eigenvalue weighted by atomic mass is 10.4. The van der Waals surface area contributed by atoms with Gasteiger partial charge in [-0.1, -0.05) is 27.7 Å². The maximum absolute atomic E-state index is 3.53. The van der Waals surface area contributed by atoms with Crippen LogP contribution >= 0.6 is 0 Å². The van der Waals surface area contributed by atoms with Crippen molar-refractivity contribution < 1.29 is 0 Å². The highest BCUT2D eigenvalue weighted by atomic mass is 28.4. The summed E-state index contributed by atoms with van der Waals surface area (Å²) >= 11 is 0. The van der Waals surface area contributed by atoms with Crippen LogP contribution in [0.3, 0.4) is 0 Å². The molecule has 0 fully saturated rings. The molecule has 0 bridgehead atoms. The van der Waals surface area contributed by atoms with Crippen molar-refractivity contribution in [2.45, 2.75) is 39.8 Å². The van der Waals surface area contributed by atoms with Crippen LogP contribution in [0.2, 0.25) is 0 Å². The molecule has 0 aliphatic carbocycles. The molecule has 0 aliphatic rings. The second-order valence-corrected chi connectivity index (χ2v) is 6.93. The molecule has 0 unspecified atom stereocenters. The van der Waals surface area contributed by atoms with Crippen LogP contribution in [0.15, 0.2) is 0 Å². The molecule has 0 saturated heterocycles. The smallest absolute Gasteiger partial charge is 0.303 e. The van der Waals surface area contributed by atoms with Crippen LogP contribution < -0.4 is 19.9 Å². The first kappa shape index (κ1) is 13.1. The molecule has 0 aromatic rings. The molecule has 0 radical (unpaired) electrons. The summed E-state index contributed by atoms with van der Waals surface area (Å²) in [5.41, 5.74) is 0. The van der Waals surface area contributed by atoms with Gasteiger partial charge in [-0.15, -0.1) is 0 Å².